The average molecular weight is 485 g/mol. The van der Waals surface area contributed by atoms with E-state index in [2.05, 4.69) is 22.1 Å². The lowest BCUT2D eigenvalue weighted by molar-refractivity contribution is -0.146. The molecule has 2 amide bonds. The number of halogens is 1. The summed E-state index contributed by atoms with van der Waals surface area (Å²) in [7, 11) is 0. The SMILES string of the molecule is CC[C@H]1CN(Cc2cc(Cl)cc(NC(=O)c3ccc(C)nc3)c2C)CCN1C(=O)[C@H]1CCCO1. The molecule has 0 saturated carbocycles. The first-order chi connectivity index (χ1) is 16.4. The van der Waals surface area contributed by atoms with Gasteiger partial charge in [0, 0.05) is 61.4 Å². The fourth-order valence-corrected chi connectivity index (χ4v) is 4.97. The fraction of sp³-hybridized carbons (Fsp3) is 0.500. The molecule has 0 bridgehead atoms. The summed E-state index contributed by atoms with van der Waals surface area (Å²) in [6.07, 6.45) is 3.99. The second-order valence-electron chi connectivity index (χ2n) is 9.21. The van der Waals surface area contributed by atoms with Crippen molar-refractivity contribution < 1.29 is 14.3 Å². The summed E-state index contributed by atoms with van der Waals surface area (Å²) in [6.45, 7) is 9.69. The summed E-state index contributed by atoms with van der Waals surface area (Å²) in [5.74, 6) is -0.0744. The first-order valence-electron chi connectivity index (χ1n) is 12.0. The van der Waals surface area contributed by atoms with Crippen LogP contribution in [-0.2, 0) is 16.1 Å². The number of nitrogens with zero attached hydrogens (tertiary/aromatic N) is 3. The van der Waals surface area contributed by atoms with Gasteiger partial charge in [-0.05, 0) is 68.5 Å². The van der Waals surface area contributed by atoms with Gasteiger partial charge in [0.2, 0.25) is 0 Å². The first kappa shape index (κ1) is 24.6. The lowest BCUT2D eigenvalue weighted by Crippen LogP contribution is -2.56. The lowest BCUT2D eigenvalue weighted by Gasteiger charge is -2.42. The van der Waals surface area contributed by atoms with Crippen molar-refractivity contribution in [3.63, 3.8) is 0 Å². The van der Waals surface area contributed by atoms with Crippen molar-refractivity contribution in [3.8, 4) is 0 Å². The predicted molar refractivity (Wildman–Crippen MR) is 133 cm³/mol. The van der Waals surface area contributed by atoms with Crippen LogP contribution >= 0.6 is 11.6 Å². The summed E-state index contributed by atoms with van der Waals surface area (Å²) < 4.78 is 5.64. The Morgan fingerprint density at radius 1 is 1.24 bits per heavy atom. The number of carbonyl (C=O) groups is 2. The maximum atomic E-state index is 12.9. The monoisotopic (exact) mass is 484 g/mol. The van der Waals surface area contributed by atoms with E-state index in [4.69, 9.17) is 16.3 Å². The number of hydrogen-bond acceptors (Lipinski definition) is 5. The molecule has 1 aromatic heterocycles. The van der Waals surface area contributed by atoms with Gasteiger partial charge >= 0.3 is 0 Å². The van der Waals surface area contributed by atoms with E-state index in [9.17, 15) is 9.59 Å². The van der Waals surface area contributed by atoms with E-state index in [1.165, 1.54) is 0 Å². The Balaban J connectivity index is 1.44. The molecule has 7 nitrogen and oxygen atoms in total. The minimum Gasteiger partial charge on any atom is -0.368 e. The fourth-order valence-electron chi connectivity index (χ4n) is 4.73. The van der Waals surface area contributed by atoms with E-state index >= 15 is 0 Å². The van der Waals surface area contributed by atoms with Crippen molar-refractivity contribution in [1.29, 1.82) is 0 Å². The Hall–Kier alpha value is -2.48. The molecule has 3 heterocycles. The maximum Gasteiger partial charge on any atom is 0.257 e. The molecule has 2 aliphatic heterocycles. The van der Waals surface area contributed by atoms with Gasteiger partial charge < -0.3 is 15.0 Å². The van der Waals surface area contributed by atoms with Crippen LogP contribution in [0.15, 0.2) is 30.5 Å². The average Bonchev–Trinajstić information content (AvgIpc) is 3.37. The molecule has 2 aliphatic rings. The number of aromatic nitrogens is 1. The number of nitrogens with one attached hydrogen (secondary N) is 1. The highest BCUT2D eigenvalue weighted by atomic mass is 35.5. The number of pyridine rings is 1. The second kappa shape index (κ2) is 10.8. The van der Waals surface area contributed by atoms with Crippen LogP contribution in [-0.4, -0.2) is 65.0 Å². The van der Waals surface area contributed by atoms with Crippen LogP contribution in [0.4, 0.5) is 5.69 Å². The van der Waals surface area contributed by atoms with Crippen LogP contribution in [0.25, 0.3) is 0 Å². The van der Waals surface area contributed by atoms with Gasteiger partial charge in [0.05, 0.1) is 5.56 Å². The van der Waals surface area contributed by atoms with Crippen LogP contribution in [0.5, 0.6) is 0 Å². The minimum atomic E-state index is -0.273. The van der Waals surface area contributed by atoms with E-state index < -0.39 is 0 Å². The standard InChI is InChI=1S/C26H33ClN4O3/c1-4-22-16-30(9-10-31(22)26(33)24-6-5-11-34-24)15-20-12-21(27)13-23(18(20)3)29-25(32)19-8-7-17(2)28-14-19/h7-8,12-14,22,24H,4-6,9-11,15-16H2,1-3H3,(H,29,32)/t22-,24+/m0/s1. The topological polar surface area (TPSA) is 74.8 Å². The van der Waals surface area contributed by atoms with E-state index in [1.54, 1.807) is 18.3 Å². The summed E-state index contributed by atoms with van der Waals surface area (Å²) >= 11 is 6.43. The summed E-state index contributed by atoms with van der Waals surface area (Å²) in [4.78, 5) is 34.2. The predicted octanol–water partition coefficient (Wildman–Crippen LogP) is 4.21. The number of anilines is 1. The normalized spacial score (nSPS) is 21.0. The molecule has 0 unspecified atom stereocenters. The summed E-state index contributed by atoms with van der Waals surface area (Å²) in [5, 5.41) is 3.57. The van der Waals surface area contributed by atoms with E-state index in [1.807, 2.05) is 30.9 Å². The molecule has 0 spiro atoms. The van der Waals surface area contributed by atoms with Gasteiger partial charge in [-0.1, -0.05) is 18.5 Å². The smallest absolute Gasteiger partial charge is 0.257 e. The molecular weight excluding hydrogens is 452 g/mol. The maximum absolute atomic E-state index is 12.9. The molecule has 0 aliphatic carbocycles. The third-order valence-electron chi connectivity index (χ3n) is 6.82. The van der Waals surface area contributed by atoms with Crippen molar-refractivity contribution in [2.24, 2.45) is 0 Å². The number of benzene rings is 1. The van der Waals surface area contributed by atoms with Crippen LogP contribution in [0.3, 0.4) is 0 Å². The molecule has 1 N–H and O–H groups in total. The molecule has 2 aromatic rings. The highest BCUT2D eigenvalue weighted by Crippen LogP contribution is 2.28. The Bertz CT molecular complexity index is 1040. The lowest BCUT2D eigenvalue weighted by atomic mass is 10.0. The molecule has 2 saturated heterocycles. The van der Waals surface area contributed by atoms with E-state index in [0.29, 0.717) is 36.0 Å². The Labute approximate surface area is 206 Å². The largest absolute Gasteiger partial charge is 0.368 e. The quantitative estimate of drug-likeness (QED) is 0.665. The number of amides is 2. The number of aryl methyl sites for hydroxylation is 1. The zero-order chi connectivity index (χ0) is 24.2. The van der Waals surface area contributed by atoms with E-state index in [0.717, 1.165) is 49.2 Å². The highest BCUT2D eigenvalue weighted by Gasteiger charge is 2.35. The second-order valence-corrected chi connectivity index (χ2v) is 9.65. The summed E-state index contributed by atoms with van der Waals surface area (Å²) in [6, 6.07) is 7.50. The van der Waals surface area contributed by atoms with Crippen molar-refractivity contribution >= 4 is 29.1 Å². The number of piperazine rings is 1. The molecule has 0 radical (unpaired) electrons. The zero-order valence-electron chi connectivity index (χ0n) is 20.1. The summed E-state index contributed by atoms with van der Waals surface area (Å²) in [5.41, 5.74) is 4.12. The molecule has 1 aromatic carbocycles. The first-order valence-corrected chi connectivity index (χ1v) is 12.4. The van der Waals surface area contributed by atoms with Crippen LogP contribution in [0.2, 0.25) is 5.02 Å². The Kier molecular flexibility index (Phi) is 7.86. The van der Waals surface area contributed by atoms with Gasteiger partial charge in [0.15, 0.2) is 0 Å². The van der Waals surface area contributed by atoms with Gasteiger partial charge in [-0.25, -0.2) is 0 Å². The van der Waals surface area contributed by atoms with Crippen molar-refractivity contribution in [3.05, 3.63) is 57.9 Å². The molecule has 8 heteroatoms. The number of hydrogen-bond donors (Lipinski definition) is 1. The highest BCUT2D eigenvalue weighted by molar-refractivity contribution is 6.31. The van der Waals surface area contributed by atoms with Crippen molar-refractivity contribution in [2.75, 3.05) is 31.6 Å². The molecule has 2 atom stereocenters. The molecule has 182 valence electrons. The van der Waals surface area contributed by atoms with Crippen LogP contribution in [0, 0.1) is 13.8 Å². The van der Waals surface area contributed by atoms with Crippen LogP contribution < -0.4 is 5.32 Å². The minimum absolute atomic E-state index is 0.138. The molecule has 2 fully saturated rings. The number of ether oxygens (including phenoxy) is 1. The molecular formula is C26H33ClN4O3. The zero-order valence-corrected chi connectivity index (χ0v) is 20.9. The number of rotatable bonds is 6. The van der Waals surface area contributed by atoms with Crippen molar-refractivity contribution in [2.45, 2.75) is 58.7 Å². The molecule has 34 heavy (non-hydrogen) atoms. The Morgan fingerprint density at radius 2 is 2.06 bits per heavy atom. The van der Waals surface area contributed by atoms with Gasteiger partial charge in [0.1, 0.15) is 6.10 Å². The number of carbonyl (C=O) groups excluding carboxylic acids is 2. The Morgan fingerprint density at radius 3 is 2.74 bits per heavy atom. The third kappa shape index (κ3) is 5.59. The van der Waals surface area contributed by atoms with Crippen LogP contribution in [0.1, 0.15) is 53.4 Å². The van der Waals surface area contributed by atoms with Gasteiger partial charge in [-0.15, -0.1) is 0 Å². The van der Waals surface area contributed by atoms with E-state index in [-0.39, 0.29) is 24.0 Å². The molecule has 4 rings (SSSR count). The van der Waals surface area contributed by atoms with Gasteiger partial charge in [0.25, 0.3) is 11.8 Å². The van der Waals surface area contributed by atoms with Crippen molar-refractivity contribution in [1.82, 2.24) is 14.8 Å². The third-order valence-corrected chi connectivity index (χ3v) is 7.04. The van der Waals surface area contributed by atoms with Gasteiger partial charge in [-0.3, -0.25) is 19.5 Å². The van der Waals surface area contributed by atoms with Gasteiger partial charge in [-0.2, -0.15) is 0 Å².